The van der Waals surface area contributed by atoms with Crippen LogP contribution >= 0.6 is 0 Å². The van der Waals surface area contributed by atoms with Gasteiger partial charge in [-0.15, -0.1) is 0 Å². The monoisotopic (exact) mass is 308 g/mol. The molecule has 1 N–H and O–H groups in total. The van der Waals surface area contributed by atoms with E-state index in [-0.39, 0.29) is 12.2 Å². The van der Waals surface area contributed by atoms with Gasteiger partial charge in [0.25, 0.3) is 0 Å². The molecule has 120 valence electrons. The minimum absolute atomic E-state index is 0.0141. The molecule has 0 aliphatic heterocycles. The average molecular weight is 308 g/mol. The number of aliphatic hydroxyl groups excluding tert-OH is 1. The van der Waals surface area contributed by atoms with E-state index in [2.05, 4.69) is 6.58 Å². The van der Waals surface area contributed by atoms with Gasteiger partial charge in [0.05, 0.1) is 25.4 Å². The third kappa shape index (κ3) is 4.89. The lowest BCUT2D eigenvalue weighted by atomic mass is 10.0. The summed E-state index contributed by atoms with van der Waals surface area (Å²) in [5, 5.41) is 9.71. The number of methoxy groups -OCH3 is 1. The number of hydrogen-bond donors (Lipinski definition) is 1. The Morgan fingerprint density at radius 2 is 2.14 bits per heavy atom. The molecule has 1 aliphatic carbocycles. The van der Waals surface area contributed by atoms with Crippen molar-refractivity contribution < 1.29 is 28.9 Å². The third-order valence-electron chi connectivity index (χ3n) is 2.81. The predicted molar refractivity (Wildman–Crippen MR) is 79.6 cm³/mol. The van der Waals surface area contributed by atoms with Gasteiger partial charge in [0.2, 0.25) is 0 Å². The molecule has 0 aromatic rings. The maximum Gasteiger partial charge on any atom is 0.337 e. The van der Waals surface area contributed by atoms with Gasteiger partial charge in [0.15, 0.2) is 6.10 Å². The molecule has 0 fully saturated rings. The van der Waals surface area contributed by atoms with Gasteiger partial charge >= 0.3 is 11.9 Å². The summed E-state index contributed by atoms with van der Waals surface area (Å²) in [5.41, 5.74) is 0.428. The number of esters is 2. The summed E-state index contributed by atoms with van der Waals surface area (Å²) in [6.07, 6.45) is 4.19. The summed E-state index contributed by atoms with van der Waals surface area (Å²) < 4.78 is 15.2. The zero-order chi connectivity index (χ0) is 16.7. The molecule has 0 bridgehead atoms. The Balaban J connectivity index is 3.15. The first-order valence-corrected chi connectivity index (χ1v) is 6.75. The highest BCUT2D eigenvalue weighted by Gasteiger charge is 2.26. The molecule has 6 nitrogen and oxygen atoms in total. The van der Waals surface area contributed by atoms with Crippen molar-refractivity contribution in [1.82, 2.24) is 0 Å². The number of carbonyl (C=O) groups is 2. The molecule has 0 radical (unpaired) electrons. The first kappa shape index (κ1) is 17.7. The normalized spacial score (nSPS) is 18.5. The van der Waals surface area contributed by atoms with Gasteiger partial charge in [0.1, 0.15) is 5.76 Å². The Hall–Kier alpha value is -2.34. The molecule has 2 atom stereocenters. The van der Waals surface area contributed by atoms with Crippen molar-refractivity contribution in [3.8, 4) is 0 Å². The highest BCUT2D eigenvalue weighted by molar-refractivity contribution is 5.90. The highest BCUT2D eigenvalue weighted by atomic mass is 16.6. The molecule has 0 amide bonds. The number of rotatable bonds is 6. The number of allylic oxidation sites excluding steroid dienone is 1. The van der Waals surface area contributed by atoms with Gasteiger partial charge < -0.3 is 19.3 Å². The molecular weight excluding hydrogens is 288 g/mol. The van der Waals surface area contributed by atoms with Crippen molar-refractivity contribution >= 4 is 11.9 Å². The lowest BCUT2D eigenvalue weighted by Crippen LogP contribution is -2.26. The molecule has 1 aliphatic rings. The first-order valence-electron chi connectivity index (χ1n) is 6.75. The van der Waals surface area contributed by atoms with Crippen molar-refractivity contribution in [1.29, 1.82) is 0 Å². The van der Waals surface area contributed by atoms with Gasteiger partial charge in [0, 0.05) is 12.5 Å². The van der Waals surface area contributed by atoms with Gasteiger partial charge in [-0.1, -0.05) is 18.7 Å². The van der Waals surface area contributed by atoms with Crippen LogP contribution in [0.5, 0.6) is 0 Å². The minimum atomic E-state index is -1.02. The molecular formula is C16H20O6. The molecule has 0 saturated heterocycles. The smallest absolute Gasteiger partial charge is 0.337 e. The second-order valence-corrected chi connectivity index (χ2v) is 4.50. The number of hydrogen-bond acceptors (Lipinski definition) is 6. The Morgan fingerprint density at radius 3 is 2.68 bits per heavy atom. The molecule has 2 unspecified atom stereocenters. The molecule has 22 heavy (non-hydrogen) atoms. The van der Waals surface area contributed by atoms with Crippen LogP contribution in [0.3, 0.4) is 0 Å². The SMILES string of the molecule is C=C(C(=O)OCC)C(OC(C)=O)C1=CC(OC)=CC(O)C=C1. The zero-order valence-electron chi connectivity index (χ0n) is 12.9. The van der Waals surface area contributed by atoms with Crippen LogP contribution in [-0.4, -0.2) is 43.0 Å². The Bertz CT molecular complexity index is 541. The van der Waals surface area contributed by atoms with E-state index in [1.165, 1.54) is 26.2 Å². The lowest BCUT2D eigenvalue weighted by molar-refractivity contribution is -0.145. The second kappa shape index (κ2) is 8.19. The van der Waals surface area contributed by atoms with Crippen LogP contribution in [0.4, 0.5) is 0 Å². The quantitative estimate of drug-likeness (QED) is 0.590. The van der Waals surface area contributed by atoms with E-state index >= 15 is 0 Å². The Morgan fingerprint density at radius 1 is 1.45 bits per heavy atom. The molecule has 1 rings (SSSR count). The molecule has 0 aromatic heterocycles. The maximum atomic E-state index is 11.9. The van der Waals surface area contributed by atoms with Crippen molar-refractivity contribution in [2.45, 2.75) is 26.1 Å². The topological polar surface area (TPSA) is 82.1 Å². The molecule has 0 aromatic carbocycles. The standard InChI is InChI=1S/C16H20O6/c1-5-21-16(19)10(2)15(22-11(3)17)12-6-7-13(18)9-14(8-12)20-4/h6-9,13,15,18H,2,5H2,1,3-4H3. The summed E-state index contributed by atoms with van der Waals surface area (Å²) in [7, 11) is 1.44. The van der Waals surface area contributed by atoms with E-state index in [0.29, 0.717) is 11.3 Å². The average Bonchev–Trinajstić information content (AvgIpc) is 2.65. The molecule has 0 heterocycles. The second-order valence-electron chi connectivity index (χ2n) is 4.50. The van der Waals surface area contributed by atoms with Crippen molar-refractivity contribution in [3.05, 3.63) is 47.8 Å². The van der Waals surface area contributed by atoms with Gasteiger partial charge in [-0.3, -0.25) is 4.79 Å². The fourth-order valence-corrected chi connectivity index (χ4v) is 1.82. The third-order valence-corrected chi connectivity index (χ3v) is 2.81. The fraction of sp³-hybridized carbons (Fsp3) is 0.375. The minimum Gasteiger partial charge on any atom is -0.497 e. The fourth-order valence-electron chi connectivity index (χ4n) is 1.82. The summed E-state index contributed by atoms with van der Waals surface area (Å²) >= 11 is 0. The summed E-state index contributed by atoms with van der Waals surface area (Å²) in [6.45, 7) is 6.73. The van der Waals surface area contributed by atoms with Crippen molar-refractivity contribution in [3.63, 3.8) is 0 Å². The van der Waals surface area contributed by atoms with E-state index in [9.17, 15) is 14.7 Å². The number of aliphatic hydroxyl groups is 1. The molecule has 6 heteroatoms. The van der Waals surface area contributed by atoms with Crippen LogP contribution in [0.1, 0.15) is 13.8 Å². The van der Waals surface area contributed by atoms with Gasteiger partial charge in [-0.05, 0) is 19.1 Å². The highest BCUT2D eigenvalue weighted by Crippen LogP contribution is 2.22. The van der Waals surface area contributed by atoms with Crippen LogP contribution < -0.4 is 0 Å². The van der Waals surface area contributed by atoms with Crippen LogP contribution in [0, 0.1) is 0 Å². The van der Waals surface area contributed by atoms with E-state index in [4.69, 9.17) is 14.2 Å². The Labute approximate surface area is 129 Å². The number of carbonyl (C=O) groups excluding carboxylic acids is 2. The molecule has 0 spiro atoms. The predicted octanol–water partition coefficient (Wildman–Crippen LogP) is 1.42. The van der Waals surface area contributed by atoms with Crippen molar-refractivity contribution in [2.24, 2.45) is 0 Å². The van der Waals surface area contributed by atoms with Crippen LogP contribution in [0.25, 0.3) is 0 Å². The maximum absolute atomic E-state index is 11.9. The summed E-state index contributed by atoms with van der Waals surface area (Å²) in [6, 6.07) is 0. The van der Waals surface area contributed by atoms with E-state index in [1.54, 1.807) is 19.1 Å². The number of ether oxygens (including phenoxy) is 3. The van der Waals surface area contributed by atoms with Crippen LogP contribution in [0.2, 0.25) is 0 Å². The first-order chi connectivity index (χ1) is 10.4. The van der Waals surface area contributed by atoms with Gasteiger partial charge in [-0.25, -0.2) is 4.79 Å². The van der Waals surface area contributed by atoms with E-state index in [1.807, 2.05) is 0 Å². The van der Waals surface area contributed by atoms with E-state index < -0.39 is 24.1 Å². The van der Waals surface area contributed by atoms with Crippen molar-refractivity contribution in [2.75, 3.05) is 13.7 Å². The summed E-state index contributed by atoms with van der Waals surface area (Å²) in [5.74, 6) is -0.852. The summed E-state index contributed by atoms with van der Waals surface area (Å²) in [4.78, 5) is 23.2. The Kier molecular flexibility index (Phi) is 6.59. The largest absolute Gasteiger partial charge is 0.497 e. The van der Waals surface area contributed by atoms with E-state index in [0.717, 1.165) is 0 Å². The van der Waals surface area contributed by atoms with Crippen LogP contribution in [0.15, 0.2) is 47.8 Å². The molecule has 0 saturated carbocycles. The lowest BCUT2D eigenvalue weighted by Gasteiger charge is -2.19. The zero-order valence-corrected chi connectivity index (χ0v) is 12.9. The van der Waals surface area contributed by atoms with Gasteiger partial charge in [-0.2, -0.15) is 0 Å². The van der Waals surface area contributed by atoms with Crippen LogP contribution in [-0.2, 0) is 23.8 Å².